The van der Waals surface area contributed by atoms with Gasteiger partial charge in [0, 0.05) is 12.1 Å². The van der Waals surface area contributed by atoms with Crippen molar-refractivity contribution in [2.75, 3.05) is 41.3 Å². The van der Waals surface area contributed by atoms with E-state index >= 15 is 0 Å². The van der Waals surface area contributed by atoms with Crippen molar-refractivity contribution in [2.45, 2.75) is 38.9 Å². The van der Waals surface area contributed by atoms with Crippen molar-refractivity contribution in [3.8, 4) is 0 Å². The van der Waals surface area contributed by atoms with E-state index in [9.17, 15) is 0 Å². The molecule has 5 nitrogen and oxygen atoms in total. The Labute approximate surface area is 134 Å². The van der Waals surface area contributed by atoms with E-state index in [4.69, 9.17) is 11.6 Å². The molecule has 1 N–H and O–H groups in total. The van der Waals surface area contributed by atoms with Crippen molar-refractivity contribution in [1.29, 1.82) is 0 Å². The lowest BCUT2D eigenvalue weighted by Crippen LogP contribution is -2.50. The van der Waals surface area contributed by atoms with Crippen molar-refractivity contribution in [1.82, 2.24) is 24.9 Å². The smallest absolute Gasteiger partial charge is 0.0834 e. The first-order chi connectivity index (χ1) is 9.71. The van der Waals surface area contributed by atoms with E-state index in [0.717, 1.165) is 30.4 Å². The number of aromatic nitrogens is 2. The molecule has 0 fully saturated rings. The molecule has 0 radical (unpaired) electrons. The highest BCUT2D eigenvalue weighted by atomic mass is 35.5. The Morgan fingerprint density at radius 3 is 2.43 bits per heavy atom. The van der Waals surface area contributed by atoms with E-state index in [2.05, 4.69) is 69.2 Å². The largest absolute Gasteiger partial charge is 0.308 e. The number of rotatable bonds is 8. The van der Waals surface area contributed by atoms with Gasteiger partial charge < -0.3 is 15.1 Å². The molecule has 0 aliphatic carbocycles. The Morgan fingerprint density at radius 1 is 1.33 bits per heavy atom. The summed E-state index contributed by atoms with van der Waals surface area (Å²) in [5, 5.41) is 8.77. The summed E-state index contributed by atoms with van der Waals surface area (Å²) < 4.78 is 2.03. The topological polar surface area (TPSA) is 36.3 Å². The molecule has 1 aromatic rings. The minimum atomic E-state index is -0.0739. The highest BCUT2D eigenvalue weighted by Crippen LogP contribution is 2.33. The van der Waals surface area contributed by atoms with Crippen LogP contribution >= 0.6 is 11.6 Å². The van der Waals surface area contributed by atoms with Crippen molar-refractivity contribution in [3.63, 3.8) is 0 Å². The number of hydrogen-bond donors (Lipinski definition) is 1. The van der Waals surface area contributed by atoms with Crippen LogP contribution < -0.4 is 5.32 Å². The highest BCUT2D eigenvalue weighted by Gasteiger charge is 2.36. The average molecular weight is 316 g/mol. The second-order valence-corrected chi connectivity index (χ2v) is 6.85. The molecule has 0 saturated heterocycles. The van der Waals surface area contributed by atoms with Crippen LogP contribution in [-0.4, -0.2) is 66.4 Å². The third-order valence-corrected chi connectivity index (χ3v) is 4.42. The maximum Gasteiger partial charge on any atom is 0.0834 e. The minimum absolute atomic E-state index is 0.0739. The van der Waals surface area contributed by atoms with Gasteiger partial charge in [0.25, 0.3) is 0 Å². The molecule has 1 unspecified atom stereocenters. The quantitative estimate of drug-likeness (QED) is 0.797. The number of nitrogens with one attached hydrogen (secondary N) is 1. The highest BCUT2D eigenvalue weighted by molar-refractivity contribution is 6.31. The second kappa shape index (κ2) is 7.58. The van der Waals surface area contributed by atoms with E-state index in [1.54, 1.807) is 6.20 Å². The summed E-state index contributed by atoms with van der Waals surface area (Å²) in [6, 6.07) is 0.120. The molecule has 21 heavy (non-hydrogen) atoms. The minimum Gasteiger partial charge on any atom is -0.308 e. The van der Waals surface area contributed by atoms with Crippen molar-refractivity contribution in [3.05, 3.63) is 16.9 Å². The first-order valence-electron chi connectivity index (χ1n) is 7.48. The Kier molecular flexibility index (Phi) is 6.66. The maximum atomic E-state index is 6.45. The van der Waals surface area contributed by atoms with Crippen molar-refractivity contribution < 1.29 is 0 Å². The van der Waals surface area contributed by atoms with Gasteiger partial charge in [0.1, 0.15) is 0 Å². The Morgan fingerprint density at radius 2 is 1.95 bits per heavy atom. The van der Waals surface area contributed by atoms with Crippen LogP contribution in [0.4, 0.5) is 0 Å². The Bertz CT molecular complexity index is 439. The van der Waals surface area contributed by atoms with Gasteiger partial charge in [0.15, 0.2) is 0 Å². The molecule has 1 heterocycles. The van der Waals surface area contributed by atoms with Gasteiger partial charge in [-0.1, -0.05) is 18.5 Å². The molecule has 0 aliphatic heterocycles. The fraction of sp³-hybridized carbons (Fsp3) is 0.800. The number of nitrogens with zero attached hydrogens (tertiary/aromatic N) is 4. The van der Waals surface area contributed by atoms with E-state index in [0.29, 0.717) is 0 Å². The average Bonchev–Trinajstić information content (AvgIpc) is 2.74. The molecular weight excluding hydrogens is 286 g/mol. The summed E-state index contributed by atoms with van der Waals surface area (Å²) >= 11 is 6.45. The van der Waals surface area contributed by atoms with Crippen LogP contribution in [0.25, 0.3) is 0 Å². The molecule has 0 amide bonds. The number of hydrogen-bond acceptors (Lipinski definition) is 4. The van der Waals surface area contributed by atoms with Crippen molar-refractivity contribution >= 4 is 11.6 Å². The van der Waals surface area contributed by atoms with Gasteiger partial charge in [-0.15, -0.1) is 0 Å². The summed E-state index contributed by atoms with van der Waals surface area (Å²) in [6.07, 6.45) is 1.75. The van der Waals surface area contributed by atoms with Crippen LogP contribution in [0.3, 0.4) is 0 Å². The number of likely N-dealkylation sites (N-methyl/N-ethyl adjacent to an activating group) is 3. The molecule has 1 aromatic heterocycles. The predicted molar refractivity (Wildman–Crippen MR) is 90.0 cm³/mol. The van der Waals surface area contributed by atoms with E-state index < -0.39 is 0 Å². The molecule has 0 aliphatic rings. The third kappa shape index (κ3) is 4.42. The van der Waals surface area contributed by atoms with Crippen LogP contribution in [-0.2, 0) is 6.54 Å². The maximum absolute atomic E-state index is 6.45. The van der Waals surface area contributed by atoms with Gasteiger partial charge >= 0.3 is 0 Å². The summed E-state index contributed by atoms with van der Waals surface area (Å²) in [4.78, 5) is 4.37. The molecule has 122 valence electrons. The van der Waals surface area contributed by atoms with Gasteiger partial charge in [-0.3, -0.25) is 4.68 Å². The fourth-order valence-corrected chi connectivity index (χ4v) is 2.53. The normalized spacial score (nSPS) is 14.2. The first-order valence-corrected chi connectivity index (χ1v) is 7.86. The molecule has 1 rings (SSSR count). The summed E-state index contributed by atoms with van der Waals surface area (Å²) in [6.45, 7) is 9.22. The molecule has 6 heteroatoms. The first kappa shape index (κ1) is 18.4. The van der Waals surface area contributed by atoms with E-state index in [-0.39, 0.29) is 11.6 Å². The molecule has 0 spiro atoms. The fourth-order valence-electron chi connectivity index (χ4n) is 2.28. The number of halogens is 1. The summed E-state index contributed by atoms with van der Waals surface area (Å²) in [5.74, 6) is 0. The van der Waals surface area contributed by atoms with Gasteiger partial charge in [-0.05, 0) is 48.6 Å². The van der Waals surface area contributed by atoms with Gasteiger partial charge in [-0.2, -0.15) is 5.10 Å². The zero-order chi connectivity index (χ0) is 16.2. The summed E-state index contributed by atoms with van der Waals surface area (Å²) in [7, 11) is 8.32. The van der Waals surface area contributed by atoms with Crippen LogP contribution in [0.15, 0.2) is 6.20 Å². The van der Waals surface area contributed by atoms with Gasteiger partial charge in [0.05, 0.1) is 29.5 Å². The molecule has 0 aromatic carbocycles. The standard InChI is InChI=1S/C15H30ClN5/c1-8-17-14(15(2,3)20(6)7)13-12(16)11-18-21(13)10-9-19(4)5/h11,14,17H,8-10H2,1-7H3. The van der Waals surface area contributed by atoms with Crippen LogP contribution in [0, 0.1) is 0 Å². The van der Waals surface area contributed by atoms with Gasteiger partial charge in [0.2, 0.25) is 0 Å². The lowest BCUT2D eigenvalue weighted by atomic mass is 9.90. The zero-order valence-corrected chi connectivity index (χ0v) is 15.2. The molecule has 0 saturated carbocycles. The van der Waals surface area contributed by atoms with E-state index in [1.165, 1.54) is 0 Å². The molecule has 0 bridgehead atoms. The predicted octanol–water partition coefficient (Wildman–Crippen LogP) is 2.09. The van der Waals surface area contributed by atoms with Crippen LogP contribution in [0.5, 0.6) is 0 Å². The SMILES string of the molecule is CCNC(c1c(Cl)cnn1CCN(C)C)C(C)(C)N(C)C. The Balaban J connectivity index is 3.16. The van der Waals surface area contributed by atoms with Crippen molar-refractivity contribution in [2.24, 2.45) is 0 Å². The van der Waals surface area contributed by atoms with E-state index in [1.807, 2.05) is 4.68 Å². The monoisotopic (exact) mass is 315 g/mol. The van der Waals surface area contributed by atoms with Crippen LogP contribution in [0.1, 0.15) is 32.5 Å². The third-order valence-electron chi connectivity index (χ3n) is 4.13. The lowest BCUT2D eigenvalue weighted by Gasteiger charge is -2.41. The molecular formula is C15H30ClN5. The van der Waals surface area contributed by atoms with Crippen LogP contribution in [0.2, 0.25) is 5.02 Å². The zero-order valence-electron chi connectivity index (χ0n) is 14.4. The Hall–Kier alpha value is -0.620. The summed E-state index contributed by atoms with van der Waals surface area (Å²) in [5.41, 5.74) is 0.995. The molecule has 1 atom stereocenters. The lowest BCUT2D eigenvalue weighted by molar-refractivity contribution is 0.133. The van der Waals surface area contributed by atoms with Gasteiger partial charge in [-0.25, -0.2) is 0 Å². The second-order valence-electron chi connectivity index (χ2n) is 6.44.